The molecule has 26 heavy (non-hydrogen) atoms. The maximum atomic E-state index is 11.8. The average Bonchev–Trinajstić information content (AvgIpc) is 2.57. The van der Waals surface area contributed by atoms with Gasteiger partial charge in [-0.3, -0.25) is 0 Å². The zero-order valence-corrected chi connectivity index (χ0v) is 13.0. The van der Waals surface area contributed by atoms with Gasteiger partial charge in [0, 0.05) is 12.2 Å². The van der Waals surface area contributed by atoms with Crippen LogP contribution in [0.5, 0.6) is 11.5 Å². The first-order valence-electron chi connectivity index (χ1n) is 7.12. The van der Waals surface area contributed by atoms with Crippen LogP contribution >= 0.6 is 0 Å². The minimum atomic E-state index is -1.91. The largest absolute Gasteiger partial charge is 0.504 e. The SMILES string of the molecule is O=C(/C=C/c1ccc(O)c(O)c1)O[C@H]1C=C(C(=O)O)O[C@H](C(=O)O)[C@@H]1O. The van der Waals surface area contributed by atoms with Gasteiger partial charge in [0.2, 0.25) is 11.9 Å². The van der Waals surface area contributed by atoms with Crippen molar-refractivity contribution in [2.75, 3.05) is 0 Å². The van der Waals surface area contributed by atoms with Crippen molar-refractivity contribution in [3.05, 3.63) is 41.7 Å². The standard InChI is InChI=1S/C16H14O10/c17-8-3-1-7(5-9(8)18)2-4-12(19)25-10-6-11(15(21)22)26-14(13(10)20)16(23)24/h1-6,10,13-14,17-18,20H,(H,21,22)(H,23,24)/b4-2+/t10-,13+,14-/m0/s1. The quantitative estimate of drug-likeness (QED) is 0.268. The van der Waals surface area contributed by atoms with Crippen LogP contribution in [-0.4, -0.2) is 61.8 Å². The minimum absolute atomic E-state index is 0.343. The first kappa shape index (κ1) is 18.8. The van der Waals surface area contributed by atoms with E-state index in [9.17, 15) is 29.7 Å². The van der Waals surface area contributed by atoms with Gasteiger partial charge in [-0.1, -0.05) is 6.07 Å². The van der Waals surface area contributed by atoms with Gasteiger partial charge in [-0.25, -0.2) is 14.4 Å². The summed E-state index contributed by atoms with van der Waals surface area (Å²) in [4.78, 5) is 33.8. The number of aliphatic carboxylic acids is 2. The molecule has 0 spiro atoms. The predicted octanol–water partition coefficient (Wildman–Crippen LogP) is -0.164. The number of esters is 1. The summed E-state index contributed by atoms with van der Waals surface area (Å²) in [5, 5.41) is 46.3. The normalized spacial score (nSPS) is 22.3. The van der Waals surface area contributed by atoms with E-state index in [-0.39, 0.29) is 5.75 Å². The fraction of sp³-hybridized carbons (Fsp3) is 0.188. The molecule has 0 saturated carbocycles. The van der Waals surface area contributed by atoms with Gasteiger partial charge in [0.25, 0.3) is 0 Å². The fourth-order valence-electron chi connectivity index (χ4n) is 2.07. The van der Waals surface area contributed by atoms with Crippen molar-refractivity contribution in [1.29, 1.82) is 0 Å². The lowest BCUT2D eigenvalue weighted by atomic mass is 10.0. The Morgan fingerprint density at radius 2 is 1.81 bits per heavy atom. The van der Waals surface area contributed by atoms with Crippen LogP contribution in [0.25, 0.3) is 6.08 Å². The van der Waals surface area contributed by atoms with E-state index < -0.39 is 47.7 Å². The van der Waals surface area contributed by atoms with Crippen LogP contribution < -0.4 is 0 Å². The van der Waals surface area contributed by atoms with Gasteiger partial charge in [-0.2, -0.15) is 0 Å². The van der Waals surface area contributed by atoms with E-state index in [4.69, 9.17) is 14.9 Å². The maximum absolute atomic E-state index is 11.8. The summed E-state index contributed by atoms with van der Waals surface area (Å²) in [5.41, 5.74) is 0.343. The Morgan fingerprint density at radius 3 is 2.38 bits per heavy atom. The molecule has 1 heterocycles. The van der Waals surface area contributed by atoms with Gasteiger partial charge in [0.15, 0.2) is 17.6 Å². The van der Waals surface area contributed by atoms with Gasteiger partial charge in [0.05, 0.1) is 0 Å². The highest BCUT2D eigenvalue weighted by atomic mass is 16.6. The Labute approximate surface area is 145 Å². The molecule has 1 aliphatic rings. The zero-order chi connectivity index (χ0) is 19.4. The molecule has 0 unspecified atom stereocenters. The number of aliphatic hydroxyl groups excluding tert-OH is 1. The summed E-state index contributed by atoms with van der Waals surface area (Å²) in [6.45, 7) is 0. The second-order valence-corrected chi connectivity index (χ2v) is 5.19. The third-order valence-corrected chi connectivity index (χ3v) is 3.33. The topological polar surface area (TPSA) is 171 Å². The van der Waals surface area contributed by atoms with Crippen molar-refractivity contribution in [2.45, 2.75) is 18.3 Å². The second-order valence-electron chi connectivity index (χ2n) is 5.19. The molecule has 2 rings (SSSR count). The first-order valence-corrected chi connectivity index (χ1v) is 7.12. The molecule has 10 heteroatoms. The van der Waals surface area contributed by atoms with Crippen molar-refractivity contribution < 1.29 is 49.4 Å². The van der Waals surface area contributed by atoms with E-state index in [1.54, 1.807) is 0 Å². The highest BCUT2D eigenvalue weighted by Gasteiger charge is 2.41. The molecule has 138 valence electrons. The number of rotatable bonds is 5. The van der Waals surface area contributed by atoms with Crippen molar-refractivity contribution >= 4 is 24.0 Å². The Balaban J connectivity index is 2.13. The molecule has 0 aromatic heterocycles. The van der Waals surface area contributed by atoms with E-state index in [1.807, 2.05) is 0 Å². The van der Waals surface area contributed by atoms with Crippen LogP contribution in [-0.2, 0) is 23.9 Å². The number of ether oxygens (including phenoxy) is 2. The number of phenols is 2. The number of phenolic OH excluding ortho intramolecular Hbond substituents is 2. The molecule has 1 aliphatic heterocycles. The summed E-state index contributed by atoms with van der Waals surface area (Å²) >= 11 is 0. The zero-order valence-electron chi connectivity index (χ0n) is 13.0. The second kappa shape index (κ2) is 7.57. The number of hydrogen-bond acceptors (Lipinski definition) is 8. The number of carboxylic acids is 2. The summed E-state index contributed by atoms with van der Waals surface area (Å²) in [7, 11) is 0. The molecule has 10 nitrogen and oxygen atoms in total. The number of hydrogen-bond donors (Lipinski definition) is 5. The number of carbonyl (C=O) groups excluding carboxylic acids is 1. The molecular weight excluding hydrogens is 352 g/mol. The molecule has 5 N–H and O–H groups in total. The lowest BCUT2D eigenvalue weighted by Gasteiger charge is -2.30. The monoisotopic (exact) mass is 366 g/mol. The van der Waals surface area contributed by atoms with Crippen LogP contribution in [0.15, 0.2) is 36.1 Å². The van der Waals surface area contributed by atoms with Crippen LogP contribution in [0.2, 0.25) is 0 Å². The van der Waals surface area contributed by atoms with Gasteiger partial charge >= 0.3 is 17.9 Å². The summed E-state index contributed by atoms with van der Waals surface area (Å²) in [6, 6.07) is 3.76. The molecule has 0 aliphatic carbocycles. The van der Waals surface area contributed by atoms with Gasteiger partial charge < -0.3 is 35.0 Å². The highest BCUT2D eigenvalue weighted by Crippen LogP contribution is 2.25. The molecule has 0 fully saturated rings. The smallest absolute Gasteiger partial charge is 0.370 e. The molecule has 0 bridgehead atoms. The number of carboxylic acid groups (broad SMARTS) is 2. The summed E-state index contributed by atoms with van der Waals surface area (Å²) in [6.07, 6.45) is -2.36. The van der Waals surface area contributed by atoms with Crippen molar-refractivity contribution in [1.82, 2.24) is 0 Å². The molecule has 1 aromatic carbocycles. The summed E-state index contributed by atoms with van der Waals surface area (Å²) < 4.78 is 9.51. The maximum Gasteiger partial charge on any atom is 0.370 e. The molecule has 1 aromatic rings. The van der Waals surface area contributed by atoms with Crippen molar-refractivity contribution in [3.8, 4) is 11.5 Å². The fourth-order valence-corrected chi connectivity index (χ4v) is 2.07. The molecule has 0 saturated heterocycles. The predicted molar refractivity (Wildman–Crippen MR) is 82.9 cm³/mol. The van der Waals surface area contributed by atoms with Crippen LogP contribution in [0.3, 0.4) is 0 Å². The van der Waals surface area contributed by atoms with Crippen molar-refractivity contribution in [3.63, 3.8) is 0 Å². The first-order chi connectivity index (χ1) is 12.2. The van der Waals surface area contributed by atoms with E-state index >= 15 is 0 Å². The third kappa shape index (κ3) is 4.30. The lowest BCUT2D eigenvalue weighted by Crippen LogP contribution is -2.48. The third-order valence-electron chi connectivity index (χ3n) is 3.33. The number of benzene rings is 1. The van der Waals surface area contributed by atoms with Crippen LogP contribution in [0, 0.1) is 0 Å². The Kier molecular flexibility index (Phi) is 5.48. The molecule has 0 amide bonds. The van der Waals surface area contributed by atoms with E-state index in [2.05, 4.69) is 4.74 Å². The highest BCUT2D eigenvalue weighted by molar-refractivity contribution is 5.88. The lowest BCUT2D eigenvalue weighted by molar-refractivity contribution is -0.172. The number of aromatic hydroxyl groups is 2. The van der Waals surface area contributed by atoms with E-state index in [1.165, 1.54) is 24.3 Å². The average molecular weight is 366 g/mol. The molecule has 3 atom stereocenters. The number of carbonyl (C=O) groups is 3. The van der Waals surface area contributed by atoms with E-state index in [0.717, 1.165) is 12.2 Å². The van der Waals surface area contributed by atoms with Crippen molar-refractivity contribution in [2.24, 2.45) is 0 Å². The Bertz CT molecular complexity index is 794. The van der Waals surface area contributed by atoms with Gasteiger partial charge in [-0.05, 0) is 23.8 Å². The molecular formula is C16H14O10. The van der Waals surface area contributed by atoms with Gasteiger partial charge in [0.1, 0.15) is 6.10 Å². The molecule has 0 radical (unpaired) electrons. The van der Waals surface area contributed by atoms with Gasteiger partial charge in [-0.15, -0.1) is 0 Å². The van der Waals surface area contributed by atoms with Crippen LogP contribution in [0.4, 0.5) is 0 Å². The Morgan fingerprint density at radius 1 is 1.12 bits per heavy atom. The minimum Gasteiger partial charge on any atom is -0.504 e. The number of aliphatic hydroxyl groups is 1. The van der Waals surface area contributed by atoms with E-state index in [0.29, 0.717) is 5.56 Å². The Hall–Kier alpha value is -3.53. The van der Waals surface area contributed by atoms with Crippen LogP contribution in [0.1, 0.15) is 5.56 Å². The summed E-state index contributed by atoms with van der Waals surface area (Å²) in [5.74, 6) is -5.73.